The van der Waals surface area contributed by atoms with Gasteiger partial charge in [0.15, 0.2) is 0 Å². The third-order valence-electron chi connectivity index (χ3n) is 4.54. The molecule has 130 valence electrons. The summed E-state index contributed by atoms with van der Waals surface area (Å²) in [4.78, 5) is 24.6. The molecule has 2 N–H and O–H groups in total. The van der Waals surface area contributed by atoms with Gasteiger partial charge in [-0.2, -0.15) is 0 Å². The Labute approximate surface area is 147 Å². The molecule has 3 rings (SSSR count). The average molecular weight is 338 g/mol. The quantitative estimate of drug-likeness (QED) is 0.761. The molecule has 5 heteroatoms. The van der Waals surface area contributed by atoms with Crippen molar-refractivity contribution in [3.05, 3.63) is 65.7 Å². The zero-order valence-corrected chi connectivity index (χ0v) is 14.2. The van der Waals surface area contributed by atoms with Crippen LogP contribution in [0.5, 0.6) is 5.75 Å². The van der Waals surface area contributed by atoms with Gasteiger partial charge in [-0.25, -0.2) is 0 Å². The van der Waals surface area contributed by atoms with Gasteiger partial charge in [0.05, 0.1) is 12.5 Å². The summed E-state index contributed by atoms with van der Waals surface area (Å²) < 4.78 is 5.11. The fourth-order valence-corrected chi connectivity index (χ4v) is 2.92. The van der Waals surface area contributed by atoms with Gasteiger partial charge in [-0.05, 0) is 36.6 Å². The first-order valence-corrected chi connectivity index (χ1v) is 8.42. The van der Waals surface area contributed by atoms with Gasteiger partial charge in [-0.1, -0.05) is 36.4 Å². The van der Waals surface area contributed by atoms with E-state index in [1.54, 1.807) is 31.4 Å². The van der Waals surface area contributed by atoms with E-state index in [-0.39, 0.29) is 17.2 Å². The van der Waals surface area contributed by atoms with Gasteiger partial charge in [-0.15, -0.1) is 0 Å². The van der Waals surface area contributed by atoms with Crippen molar-refractivity contribution >= 4 is 11.8 Å². The van der Waals surface area contributed by atoms with Crippen LogP contribution < -0.4 is 15.4 Å². The molecular weight excluding hydrogens is 316 g/mol. The molecule has 0 aliphatic heterocycles. The molecule has 1 aliphatic carbocycles. The minimum absolute atomic E-state index is 0.0364. The Morgan fingerprint density at radius 3 is 2.40 bits per heavy atom. The van der Waals surface area contributed by atoms with Gasteiger partial charge in [0.2, 0.25) is 5.91 Å². The number of nitrogens with one attached hydrogen (secondary N) is 2. The number of hydrogen-bond donors (Lipinski definition) is 2. The molecule has 0 bridgehead atoms. The molecule has 2 aromatic rings. The van der Waals surface area contributed by atoms with Crippen LogP contribution in [0.2, 0.25) is 0 Å². The van der Waals surface area contributed by atoms with Crippen LogP contribution >= 0.6 is 0 Å². The predicted molar refractivity (Wildman–Crippen MR) is 95.7 cm³/mol. The average Bonchev–Trinajstić information content (AvgIpc) is 3.47. The zero-order chi connectivity index (χ0) is 17.7. The van der Waals surface area contributed by atoms with Gasteiger partial charge < -0.3 is 15.4 Å². The topological polar surface area (TPSA) is 67.4 Å². The van der Waals surface area contributed by atoms with E-state index in [0.29, 0.717) is 24.4 Å². The molecule has 2 aromatic carbocycles. The first-order valence-electron chi connectivity index (χ1n) is 8.42. The second kappa shape index (κ2) is 7.38. The van der Waals surface area contributed by atoms with Crippen LogP contribution in [0.25, 0.3) is 0 Å². The first kappa shape index (κ1) is 17.0. The van der Waals surface area contributed by atoms with Crippen LogP contribution in [-0.2, 0) is 10.2 Å². The second-order valence-corrected chi connectivity index (χ2v) is 6.19. The van der Waals surface area contributed by atoms with Crippen molar-refractivity contribution in [2.24, 2.45) is 0 Å². The number of rotatable bonds is 7. The van der Waals surface area contributed by atoms with Crippen molar-refractivity contribution in [3.8, 4) is 5.75 Å². The lowest BCUT2D eigenvalue weighted by Gasteiger charge is -2.16. The van der Waals surface area contributed by atoms with Crippen LogP contribution in [-0.4, -0.2) is 32.0 Å². The number of hydrogen-bond acceptors (Lipinski definition) is 3. The standard InChI is InChI=1S/C20H22N2O3/c1-25-17-9-5-6-15(14-17)18(23)21-12-13-22-19(24)20(10-11-20)16-7-3-2-4-8-16/h2-9,14H,10-13H2,1H3,(H,21,23)(H,22,24). The highest BCUT2D eigenvalue weighted by atomic mass is 16.5. The summed E-state index contributed by atoms with van der Waals surface area (Å²) in [7, 11) is 1.56. The Morgan fingerprint density at radius 1 is 1.00 bits per heavy atom. The van der Waals surface area contributed by atoms with E-state index in [9.17, 15) is 9.59 Å². The summed E-state index contributed by atoms with van der Waals surface area (Å²) >= 11 is 0. The molecule has 0 unspecified atom stereocenters. The zero-order valence-electron chi connectivity index (χ0n) is 14.2. The molecular formula is C20H22N2O3. The Bertz CT molecular complexity index is 755. The van der Waals surface area contributed by atoms with Crippen LogP contribution in [0, 0.1) is 0 Å². The molecule has 2 amide bonds. The van der Waals surface area contributed by atoms with Gasteiger partial charge in [0.1, 0.15) is 5.75 Å². The van der Waals surface area contributed by atoms with E-state index in [2.05, 4.69) is 10.6 Å². The second-order valence-electron chi connectivity index (χ2n) is 6.19. The minimum Gasteiger partial charge on any atom is -0.497 e. The van der Waals surface area contributed by atoms with Crippen LogP contribution in [0.3, 0.4) is 0 Å². The minimum atomic E-state index is -0.377. The lowest BCUT2D eigenvalue weighted by molar-refractivity contribution is -0.123. The maximum absolute atomic E-state index is 12.5. The summed E-state index contributed by atoms with van der Waals surface area (Å²) in [5.74, 6) is 0.492. The highest BCUT2D eigenvalue weighted by Crippen LogP contribution is 2.48. The highest BCUT2D eigenvalue weighted by Gasteiger charge is 2.50. The Balaban J connectivity index is 1.47. The Hall–Kier alpha value is -2.82. The van der Waals surface area contributed by atoms with Crippen molar-refractivity contribution < 1.29 is 14.3 Å². The number of amides is 2. The van der Waals surface area contributed by atoms with Gasteiger partial charge >= 0.3 is 0 Å². The van der Waals surface area contributed by atoms with E-state index in [0.717, 1.165) is 18.4 Å². The molecule has 1 aliphatic rings. The van der Waals surface area contributed by atoms with Crippen molar-refractivity contribution in [2.45, 2.75) is 18.3 Å². The molecule has 0 heterocycles. The molecule has 0 radical (unpaired) electrons. The fraction of sp³-hybridized carbons (Fsp3) is 0.300. The third kappa shape index (κ3) is 3.82. The van der Waals surface area contributed by atoms with Gasteiger partial charge in [-0.3, -0.25) is 9.59 Å². The van der Waals surface area contributed by atoms with E-state index in [1.807, 2.05) is 30.3 Å². The van der Waals surface area contributed by atoms with Gasteiger partial charge in [0.25, 0.3) is 5.91 Å². The van der Waals surface area contributed by atoms with Crippen LogP contribution in [0.1, 0.15) is 28.8 Å². The van der Waals surface area contributed by atoms with Crippen molar-refractivity contribution in [2.75, 3.05) is 20.2 Å². The summed E-state index contributed by atoms with van der Waals surface area (Å²) in [5, 5.41) is 5.74. The monoisotopic (exact) mass is 338 g/mol. The third-order valence-corrected chi connectivity index (χ3v) is 4.54. The number of carbonyl (C=O) groups is 2. The molecule has 25 heavy (non-hydrogen) atoms. The lowest BCUT2D eigenvalue weighted by atomic mass is 9.95. The predicted octanol–water partition coefficient (Wildman–Crippen LogP) is 2.27. The van der Waals surface area contributed by atoms with Crippen LogP contribution in [0.15, 0.2) is 54.6 Å². The molecule has 1 saturated carbocycles. The summed E-state index contributed by atoms with van der Waals surface area (Å²) in [6, 6.07) is 16.8. The number of methoxy groups -OCH3 is 1. The molecule has 0 atom stereocenters. The van der Waals surface area contributed by atoms with Crippen molar-refractivity contribution in [1.82, 2.24) is 10.6 Å². The molecule has 0 saturated heterocycles. The summed E-state index contributed by atoms with van der Waals surface area (Å²) in [5.41, 5.74) is 1.22. The van der Waals surface area contributed by atoms with E-state index >= 15 is 0 Å². The SMILES string of the molecule is COc1cccc(C(=O)NCCNC(=O)C2(c3ccccc3)CC2)c1. The fourth-order valence-electron chi connectivity index (χ4n) is 2.92. The molecule has 0 aromatic heterocycles. The van der Waals surface area contributed by atoms with Gasteiger partial charge in [0, 0.05) is 18.7 Å². The maximum Gasteiger partial charge on any atom is 0.251 e. The molecule has 5 nitrogen and oxygen atoms in total. The molecule has 1 fully saturated rings. The number of benzene rings is 2. The summed E-state index contributed by atoms with van der Waals surface area (Å²) in [6.07, 6.45) is 1.75. The van der Waals surface area contributed by atoms with Crippen molar-refractivity contribution in [1.29, 1.82) is 0 Å². The Morgan fingerprint density at radius 2 is 1.72 bits per heavy atom. The molecule has 0 spiro atoms. The maximum atomic E-state index is 12.5. The highest BCUT2D eigenvalue weighted by molar-refractivity contribution is 5.94. The number of carbonyl (C=O) groups excluding carboxylic acids is 2. The first-order chi connectivity index (χ1) is 12.2. The largest absolute Gasteiger partial charge is 0.497 e. The van der Waals surface area contributed by atoms with E-state index in [1.165, 1.54) is 0 Å². The Kier molecular flexibility index (Phi) is 5.03. The van der Waals surface area contributed by atoms with E-state index < -0.39 is 0 Å². The lowest BCUT2D eigenvalue weighted by Crippen LogP contribution is -2.39. The smallest absolute Gasteiger partial charge is 0.251 e. The van der Waals surface area contributed by atoms with Crippen LogP contribution in [0.4, 0.5) is 0 Å². The normalized spacial score (nSPS) is 14.4. The number of ether oxygens (including phenoxy) is 1. The van der Waals surface area contributed by atoms with E-state index in [4.69, 9.17) is 4.74 Å². The summed E-state index contributed by atoms with van der Waals surface area (Å²) in [6.45, 7) is 0.787. The van der Waals surface area contributed by atoms with Crippen molar-refractivity contribution in [3.63, 3.8) is 0 Å².